The lowest BCUT2D eigenvalue weighted by Gasteiger charge is -2.16. The lowest BCUT2D eigenvalue weighted by Crippen LogP contribution is -2.27. The highest BCUT2D eigenvalue weighted by molar-refractivity contribution is 5.29. The number of phenolic OH excluding ortho intramolecular Hbond substituents is 1. The zero-order valence-corrected chi connectivity index (χ0v) is 10.7. The quantitative estimate of drug-likeness (QED) is 0.875. The number of halogens is 1. The summed E-state index contributed by atoms with van der Waals surface area (Å²) in [4.78, 5) is 2.24. The SMILES string of the molecule is CC(F)C1CCN(CCOc2ccc(O)cc2)C1. The fourth-order valence-corrected chi connectivity index (χ4v) is 2.28. The molecule has 3 nitrogen and oxygen atoms in total. The van der Waals surface area contributed by atoms with Crippen LogP contribution in [-0.2, 0) is 0 Å². The average Bonchev–Trinajstić information content (AvgIpc) is 2.81. The lowest BCUT2D eigenvalue weighted by atomic mass is 10.1. The molecule has 0 amide bonds. The third-order valence-corrected chi connectivity index (χ3v) is 3.47. The van der Waals surface area contributed by atoms with Crippen molar-refractivity contribution in [3.63, 3.8) is 0 Å². The third kappa shape index (κ3) is 3.60. The third-order valence-electron chi connectivity index (χ3n) is 3.47. The first kappa shape index (κ1) is 13.1. The van der Waals surface area contributed by atoms with Crippen LogP contribution in [0.15, 0.2) is 24.3 Å². The highest BCUT2D eigenvalue weighted by atomic mass is 19.1. The van der Waals surface area contributed by atoms with Gasteiger partial charge in [0.1, 0.15) is 24.3 Å². The molecule has 2 rings (SSSR count). The van der Waals surface area contributed by atoms with Gasteiger partial charge in [-0.3, -0.25) is 4.90 Å². The van der Waals surface area contributed by atoms with Gasteiger partial charge in [-0.25, -0.2) is 4.39 Å². The molecule has 2 unspecified atom stereocenters. The van der Waals surface area contributed by atoms with Crippen LogP contribution in [0.25, 0.3) is 0 Å². The number of phenols is 1. The fraction of sp³-hybridized carbons (Fsp3) is 0.571. The summed E-state index contributed by atoms with van der Waals surface area (Å²) < 4.78 is 18.7. The summed E-state index contributed by atoms with van der Waals surface area (Å²) >= 11 is 0. The van der Waals surface area contributed by atoms with Crippen LogP contribution < -0.4 is 4.74 Å². The maximum absolute atomic E-state index is 13.1. The molecule has 1 aliphatic heterocycles. The highest BCUT2D eigenvalue weighted by Gasteiger charge is 2.26. The van der Waals surface area contributed by atoms with Gasteiger partial charge < -0.3 is 9.84 Å². The summed E-state index contributed by atoms with van der Waals surface area (Å²) in [5, 5.41) is 9.14. The minimum atomic E-state index is -0.715. The molecule has 4 heteroatoms. The second-order valence-corrected chi connectivity index (χ2v) is 4.87. The van der Waals surface area contributed by atoms with E-state index in [0.717, 1.165) is 31.8 Å². The molecule has 1 saturated heterocycles. The summed E-state index contributed by atoms with van der Waals surface area (Å²) in [6.45, 7) is 4.85. The molecule has 0 spiro atoms. The molecule has 0 radical (unpaired) electrons. The summed E-state index contributed by atoms with van der Waals surface area (Å²) in [6.07, 6.45) is 0.227. The zero-order chi connectivity index (χ0) is 13.0. The topological polar surface area (TPSA) is 32.7 Å². The number of hydrogen-bond acceptors (Lipinski definition) is 3. The summed E-state index contributed by atoms with van der Waals surface area (Å²) in [7, 11) is 0. The van der Waals surface area contributed by atoms with Crippen molar-refractivity contribution in [3.8, 4) is 11.5 Å². The second-order valence-electron chi connectivity index (χ2n) is 4.87. The Morgan fingerprint density at radius 2 is 2.17 bits per heavy atom. The highest BCUT2D eigenvalue weighted by Crippen LogP contribution is 2.21. The van der Waals surface area contributed by atoms with Gasteiger partial charge in [-0.1, -0.05) is 0 Å². The summed E-state index contributed by atoms with van der Waals surface area (Å²) in [5.41, 5.74) is 0. The van der Waals surface area contributed by atoms with Crippen molar-refractivity contribution >= 4 is 0 Å². The first-order valence-corrected chi connectivity index (χ1v) is 6.43. The number of benzene rings is 1. The number of ether oxygens (including phenoxy) is 1. The fourth-order valence-electron chi connectivity index (χ4n) is 2.28. The molecule has 2 atom stereocenters. The van der Waals surface area contributed by atoms with Crippen LogP contribution >= 0.6 is 0 Å². The first-order valence-electron chi connectivity index (χ1n) is 6.43. The van der Waals surface area contributed by atoms with Crippen LogP contribution in [0.4, 0.5) is 4.39 Å². The molecule has 0 aromatic heterocycles. The molecule has 100 valence electrons. The molecule has 18 heavy (non-hydrogen) atoms. The lowest BCUT2D eigenvalue weighted by molar-refractivity contribution is 0.210. The van der Waals surface area contributed by atoms with Crippen LogP contribution in [0, 0.1) is 5.92 Å². The van der Waals surface area contributed by atoms with Crippen molar-refractivity contribution in [2.75, 3.05) is 26.2 Å². The van der Waals surface area contributed by atoms with Crippen molar-refractivity contribution in [1.82, 2.24) is 4.90 Å². The predicted molar refractivity (Wildman–Crippen MR) is 68.7 cm³/mol. The van der Waals surface area contributed by atoms with Gasteiger partial charge in [-0.15, -0.1) is 0 Å². The monoisotopic (exact) mass is 253 g/mol. The van der Waals surface area contributed by atoms with E-state index in [2.05, 4.69) is 4.90 Å². The number of alkyl halides is 1. The second kappa shape index (κ2) is 6.05. The Morgan fingerprint density at radius 3 is 2.78 bits per heavy atom. The van der Waals surface area contributed by atoms with E-state index in [-0.39, 0.29) is 11.7 Å². The Hall–Kier alpha value is -1.29. The van der Waals surface area contributed by atoms with Gasteiger partial charge in [0.25, 0.3) is 0 Å². The molecule has 0 bridgehead atoms. The van der Waals surface area contributed by atoms with E-state index in [9.17, 15) is 4.39 Å². The number of hydrogen-bond donors (Lipinski definition) is 1. The van der Waals surface area contributed by atoms with Gasteiger partial charge in [0.05, 0.1) is 0 Å². The van der Waals surface area contributed by atoms with E-state index in [1.54, 1.807) is 31.2 Å². The molecule has 1 N–H and O–H groups in total. The van der Waals surface area contributed by atoms with E-state index in [4.69, 9.17) is 9.84 Å². The molecule has 0 saturated carbocycles. The Morgan fingerprint density at radius 1 is 1.44 bits per heavy atom. The van der Waals surface area contributed by atoms with Gasteiger partial charge in [0.2, 0.25) is 0 Å². The molecule has 0 aliphatic carbocycles. The van der Waals surface area contributed by atoms with E-state index in [1.807, 2.05) is 0 Å². The van der Waals surface area contributed by atoms with Crippen LogP contribution in [0.1, 0.15) is 13.3 Å². The van der Waals surface area contributed by atoms with Crippen LogP contribution in [0.2, 0.25) is 0 Å². The Bertz CT molecular complexity index is 367. The van der Waals surface area contributed by atoms with Gasteiger partial charge in [0.15, 0.2) is 0 Å². The van der Waals surface area contributed by atoms with Crippen molar-refractivity contribution in [3.05, 3.63) is 24.3 Å². The molecule has 1 fully saturated rings. The molecule has 1 aromatic rings. The standard InChI is InChI=1S/C14H20FNO2/c1-11(15)12-6-7-16(10-12)8-9-18-14-4-2-13(17)3-5-14/h2-5,11-12,17H,6-10H2,1H3. The molecular weight excluding hydrogens is 233 g/mol. The van der Waals surface area contributed by atoms with E-state index in [1.165, 1.54) is 0 Å². The van der Waals surface area contributed by atoms with E-state index >= 15 is 0 Å². The minimum absolute atomic E-state index is 0.179. The predicted octanol–water partition coefficient (Wildman–Crippen LogP) is 2.45. The van der Waals surface area contributed by atoms with E-state index < -0.39 is 6.17 Å². The Balaban J connectivity index is 1.68. The van der Waals surface area contributed by atoms with Crippen molar-refractivity contribution in [2.24, 2.45) is 5.92 Å². The Kier molecular flexibility index (Phi) is 4.42. The van der Waals surface area contributed by atoms with Crippen molar-refractivity contribution < 1.29 is 14.2 Å². The molecule has 1 aromatic carbocycles. The van der Waals surface area contributed by atoms with Gasteiger partial charge in [-0.2, -0.15) is 0 Å². The van der Waals surface area contributed by atoms with Crippen LogP contribution in [0.3, 0.4) is 0 Å². The number of likely N-dealkylation sites (tertiary alicyclic amines) is 1. The zero-order valence-electron chi connectivity index (χ0n) is 10.7. The minimum Gasteiger partial charge on any atom is -0.508 e. The number of rotatable bonds is 5. The van der Waals surface area contributed by atoms with Crippen molar-refractivity contribution in [1.29, 1.82) is 0 Å². The van der Waals surface area contributed by atoms with Gasteiger partial charge in [0, 0.05) is 19.0 Å². The smallest absolute Gasteiger partial charge is 0.119 e. The normalized spacial score (nSPS) is 22.0. The maximum atomic E-state index is 13.1. The first-order chi connectivity index (χ1) is 8.65. The number of aromatic hydroxyl groups is 1. The summed E-state index contributed by atoms with van der Waals surface area (Å²) in [6, 6.07) is 6.69. The molecule has 1 aliphatic rings. The number of nitrogens with zero attached hydrogens (tertiary/aromatic N) is 1. The Labute approximate surface area is 107 Å². The summed E-state index contributed by atoms with van der Waals surface area (Å²) in [5.74, 6) is 1.17. The van der Waals surface area contributed by atoms with E-state index in [0.29, 0.717) is 6.61 Å². The van der Waals surface area contributed by atoms with Crippen LogP contribution in [-0.4, -0.2) is 42.4 Å². The van der Waals surface area contributed by atoms with Crippen LogP contribution in [0.5, 0.6) is 11.5 Å². The average molecular weight is 253 g/mol. The molecular formula is C14H20FNO2. The maximum Gasteiger partial charge on any atom is 0.119 e. The van der Waals surface area contributed by atoms with Crippen molar-refractivity contribution in [2.45, 2.75) is 19.5 Å². The molecule has 1 heterocycles. The van der Waals surface area contributed by atoms with Gasteiger partial charge in [-0.05, 0) is 44.2 Å². The van der Waals surface area contributed by atoms with Gasteiger partial charge >= 0.3 is 0 Å². The largest absolute Gasteiger partial charge is 0.508 e.